The Morgan fingerprint density at radius 1 is 1.18 bits per heavy atom. The molecule has 5 nitrogen and oxygen atoms in total. The fourth-order valence-corrected chi connectivity index (χ4v) is 1.81. The molecule has 0 amide bonds. The van der Waals surface area contributed by atoms with Gasteiger partial charge in [-0.3, -0.25) is 0 Å². The molecule has 5 heteroatoms. The van der Waals surface area contributed by atoms with Crippen molar-refractivity contribution in [3.05, 3.63) is 54.4 Å². The van der Waals surface area contributed by atoms with Gasteiger partial charge in [-0.25, -0.2) is 0 Å². The molecule has 0 unspecified atom stereocenters. The van der Waals surface area contributed by atoms with E-state index in [1.54, 1.807) is 6.20 Å². The van der Waals surface area contributed by atoms with Crippen molar-refractivity contribution in [1.82, 2.24) is 14.6 Å². The second-order valence-electron chi connectivity index (χ2n) is 3.78. The highest BCUT2D eigenvalue weighted by atomic mass is 15.5. The number of nitrogen functional groups attached to an aromatic ring is 1. The summed E-state index contributed by atoms with van der Waals surface area (Å²) in [6.07, 6.45) is 3.60. The van der Waals surface area contributed by atoms with Gasteiger partial charge in [0.25, 0.3) is 0 Å². The largest absolute Gasteiger partial charge is 0.458 e. The molecule has 3 aromatic rings. The van der Waals surface area contributed by atoms with Gasteiger partial charge in [0, 0.05) is 6.07 Å². The summed E-state index contributed by atoms with van der Waals surface area (Å²) in [5, 5.41) is 0. The maximum atomic E-state index is 5.89. The van der Waals surface area contributed by atoms with E-state index in [1.165, 1.54) is 5.56 Å². The fraction of sp³-hybridized carbons (Fsp3) is 0.0833. The van der Waals surface area contributed by atoms with Crippen molar-refractivity contribution in [3.8, 4) is 0 Å². The van der Waals surface area contributed by atoms with Crippen molar-refractivity contribution < 1.29 is 4.52 Å². The van der Waals surface area contributed by atoms with Crippen LogP contribution in [0.15, 0.2) is 48.8 Å². The highest BCUT2D eigenvalue weighted by Crippen LogP contribution is 2.04. The zero-order valence-electron chi connectivity index (χ0n) is 9.19. The standard InChI is InChI=1S/C12H11N5/c13-11-15-12-14-7-4-8-16(12)17(11)9-10-5-2-1-3-6-10/h1-8,13H,9H2/p+1. The van der Waals surface area contributed by atoms with Gasteiger partial charge in [-0.2, -0.15) is 4.68 Å². The number of hydrogen-bond donors (Lipinski definition) is 1. The second-order valence-corrected chi connectivity index (χ2v) is 3.78. The lowest BCUT2D eigenvalue weighted by Gasteiger charge is -2.02. The quantitative estimate of drug-likeness (QED) is 0.652. The van der Waals surface area contributed by atoms with Crippen molar-refractivity contribution in [2.75, 3.05) is 5.73 Å². The van der Waals surface area contributed by atoms with Gasteiger partial charge in [0.05, 0.1) is 12.7 Å². The first kappa shape index (κ1) is 9.77. The lowest BCUT2D eigenvalue weighted by Crippen LogP contribution is -2.34. The van der Waals surface area contributed by atoms with Crippen molar-refractivity contribution >= 4 is 11.7 Å². The van der Waals surface area contributed by atoms with E-state index in [1.807, 2.05) is 39.7 Å². The molecular weight excluding hydrogens is 214 g/mol. The van der Waals surface area contributed by atoms with Crippen LogP contribution in [0.5, 0.6) is 0 Å². The smallest absolute Gasteiger partial charge is 0.353 e. The van der Waals surface area contributed by atoms with E-state index < -0.39 is 0 Å². The van der Waals surface area contributed by atoms with Crippen LogP contribution in [0.25, 0.3) is 5.78 Å². The van der Waals surface area contributed by atoms with Crippen LogP contribution in [-0.2, 0) is 6.54 Å². The zero-order chi connectivity index (χ0) is 11.7. The van der Waals surface area contributed by atoms with Gasteiger partial charge in [-0.05, 0) is 10.5 Å². The van der Waals surface area contributed by atoms with Gasteiger partial charge in [0.2, 0.25) is 0 Å². The summed E-state index contributed by atoms with van der Waals surface area (Å²) in [4.78, 5) is 8.36. The van der Waals surface area contributed by atoms with E-state index >= 15 is 0 Å². The molecule has 0 bridgehead atoms. The van der Waals surface area contributed by atoms with Crippen LogP contribution in [0.4, 0.5) is 5.95 Å². The monoisotopic (exact) mass is 226 g/mol. The van der Waals surface area contributed by atoms with E-state index in [4.69, 9.17) is 5.73 Å². The maximum Gasteiger partial charge on any atom is 0.458 e. The molecule has 2 N–H and O–H groups in total. The van der Waals surface area contributed by atoms with Gasteiger partial charge in [-0.1, -0.05) is 35.3 Å². The van der Waals surface area contributed by atoms with Crippen LogP contribution in [0, 0.1) is 0 Å². The van der Waals surface area contributed by atoms with Crippen molar-refractivity contribution in [3.63, 3.8) is 0 Å². The summed E-state index contributed by atoms with van der Waals surface area (Å²) < 4.78 is 3.74. The van der Waals surface area contributed by atoms with E-state index in [-0.39, 0.29) is 0 Å². The molecule has 0 saturated carbocycles. The minimum absolute atomic E-state index is 0.465. The SMILES string of the molecule is Nc1nc2nccc[n+]2n1Cc1ccccc1. The number of nitrogens with two attached hydrogens (primary N) is 1. The van der Waals surface area contributed by atoms with E-state index in [0.29, 0.717) is 18.3 Å². The van der Waals surface area contributed by atoms with Crippen LogP contribution in [0.2, 0.25) is 0 Å². The second kappa shape index (κ2) is 3.86. The van der Waals surface area contributed by atoms with Gasteiger partial charge < -0.3 is 5.73 Å². The van der Waals surface area contributed by atoms with Gasteiger partial charge in [0.1, 0.15) is 6.20 Å². The van der Waals surface area contributed by atoms with Crippen LogP contribution < -0.4 is 10.2 Å². The van der Waals surface area contributed by atoms with Crippen LogP contribution >= 0.6 is 0 Å². The Balaban J connectivity index is 2.08. The number of nitrogens with zero attached hydrogens (tertiary/aromatic N) is 4. The minimum atomic E-state index is 0.465. The Morgan fingerprint density at radius 2 is 2.00 bits per heavy atom. The van der Waals surface area contributed by atoms with Gasteiger partial charge in [0.15, 0.2) is 0 Å². The number of benzene rings is 1. The predicted molar refractivity (Wildman–Crippen MR) is 63.1 cm³/mol. The Kier molecular flexibility index (Phi) is 2.22. The first-order valence-electron chi connectivity index (χ1n) is 5.37. The average molecular weight is 226 g/mol. The third-order valence-corrected chi connectivity index (χ3v) is 2.62. The summed E-state index contributed by atoms with van der Waals surface area (Å²) in [5.41, 5.74) is 7.07. The molecular formula is C12H12N5+. The number of anilines is 1. The molecule has 17 heavy (non-hydrogen) atoms. The molecule has 0 aliphatic heterocycles. The first-order valence-corrected chi connectivity index (χ1v) is 5.37. The lowest BCUT2D eigenvalue weighted by atomic mass is 10.2. The topological polar surface area (TPSA) is 60.8 Å². The van der Waals surface area contributed by atoms with Crippen LogP contribution in [0.3, 0.4) is 0 Å². The maximum absolute atomic E-state index is 5.89. The third kappa shape index (κ3) is 1.71. The number of rotatable bonds is 2. The zero-order valence-corrected chi connectivity index (χ0v) is 9.19. The van der Waals surface area contributed by atoms with Gasteiger partial charge >= 0.3 is 11.7 Å². The third-order valence-electron chi connectivity index (χ3n) is 2.62. The van der Waals surface area contributed by atoms with E-state index in [2.05, 4.69) is 22.1 Å². The van der Waals surface area contributed by atoms with Crippen molar-refractivity contribution in [1.29, 1.82) is 0 Å². The first-order chi connectivity index (χ1) is 8.34. The summed E-state index contributed by atoms with van der Waals surface area (Å²) in [6.45, 7) is 0.680. The highest BCUT2D eigenvalue weighted by Gasteiger charge is 2.15. The normalized spacial score (nSPS) is 10.8. The minimum Gasteiger partial charge on any atom is -0.353 e. The van der Waals surface area contributed by atoms with Gasteiger partial charge in [-0.15, -0.1) is 4.52 Å². The Morgan fingerprint density at radius 3 is 2.82 bits per heavy atom. The van der Waals surface area contributed by atoms with Crippen molar-refractivity contribution in [2.45, 2.75) is 6.54 Å². The molecule has 0 aliphatic rings. The Bertz CT molecular complexity index is 644. The predicted octanol–water partition coefficient (Wildman–Crippen LogP) is 0.647. The summed E-state index contributed by atoms with van der Waals surface area (Å²) in [5.74, 6) is 1.08. The molecule has 0 aliphatic carbocycles. The molecule has 2 aromatic heterocycles. The van der Waals surface area contributed by atoms with Crippen LogP contribution in [0.1, 0.15) is 5.56 Å². The summed E-state index contributed by atoms with van der Waals surface area (Å²) in [7, 11) is 0. The summed E-state index contributed by atoms with van der Waals surface area (Å²) in [6, 6.07) is 12.0. The highest BCUT2D eigenvalue weighted by molar-refractivity contribution is 5.27. The number of hydrogen-bond acceptors (Lipinski definition) is 3. The molecule has 0 saturated heterocycles. The molecule has 3 rings (SSSR count). The van der Waals surface area contributed by atoms with E-state index in [9.17, 15) is 0 Å². The molecule has 0 fully saturated rings. The Hall–Kier alpha value is -2.43. The molecule has 84 valence electrons. The van der Waals surface area contributed by atoms with Crippen molar-refractivity contribution in [2.24, 2.45) is 0 Å². The average Bonchev–Trinajstić information content (AvgIpc) is 2.68. The Labute approximate surface area is 98.1 Å². The number of fused-ring (bicyclic) bond motifs is 1. The van der Waals surface area contributed by atoms with E-state index in [0.717, 1.165) is 0 Å². The molecule has 0 spiro atoms. The summed E-state index contributed by atoms with van der Waals surface area (Å²) >= 11 is 0. The molecule has 0 atom stereocenters. The molecule has 1 aromatic carbocycles. The molecule has 2 heterocycles. The lowest BCUT2D eigenvalue weighted by molar-refractivity contribution is -0.610. The van der Waals surface area contributed by atoms with Crippen LogP contribution in [-0.4, -0.2) is 14.6 Å². The molecule has 0 radical (unpaired) electrons. The number of aromatic nitrogens is 4. The fourth-order valence-electron chi connectivity index (χ4n) is 1.81.